The first-order chi connectivity index (χ1) is 14.8. The molecule has 0 spiro atoms. The van der Waals surface area contributed by atoms with Gasteiger partial charge in [0.25, 0.3) is 5.56 Å². The number of halogens is 1. The van der Waals surface area contributed by atoms with Crippen molar-refractivity contribution < 1.29 is 5.11 Å². The van der Waals surface area contributed by atoms with E-state index >= 15 is 0 Å². The summed E-state index contributed by atoms with van der Waals surface area (Å²) in [5, 5.41) is 20.4. The lowest BCUT2D eigenvalue weighted by molar-refractivity contribution is 0.455. The minimum absolute atomic E-state index is 0.0905. The second kappa shape index (κ2) is 8.12. The Labute approximate surface area is 185 Å². The number of anilines is 2. The van der Waals surface area contributed by atoms with Crippen LogP contribution in [0.15, 0.2) is 35.1 Å². The zero-order valence-electron chi connectivity index (χ0n) is 17.8. The van der Waals surface area contributed by atoms with E-state index in [1.165, 1.54) is 4.57 Å². The van der Waals surface area contributed by atoms with Crippen LogP contribution in [-0.2, 0) is 7.05 Å². The number of phenolic OH excluding ortho intramolecular Hbond substituents is 1. The number of aromatic nitrogens is 2. The van der Waals surface area contributed by atoms with Gasteiger partial charge in [-0.15, -0.1) is 0 Å². The van der Waals surface area contributed by atoms with E-state index < -0.39 is 0 Å². The highest BCUT2D eigenvalue weighted by molar-refractivity contribution is 6.29. The van der Waals surface area contributed by atoms with Gasteiger partial charge in [-0.1, -0.05) is 17.7 Å². The Bertz CT molecular complexity index is 1260. The molecule has 1 fully saturated rings. The summed E-state index contributed by atoms with van der Waals surface area (Å²) >= 11 is 6.15. The van der Waals surface area contributed by atoms with Crippen molar-refractivity contribution in [2.24, 2.45) is 7.05 Å². The second-order valence-electron chi connectivity index (χ2n) is 8.02. The summed E-state index contributed by atoms with van der Waals surface area (Å²) in [6.45, 7) is 3.27. The fourth-order valence-electron chi connectivity index (χ4n) is 4.38. The van der Waals surface area contributed by atoms with Crippen molar-refractivity contribution in [1.82, 2.24) is 9.55 Å². The van der Waals surface area contributed by atoms with Crippen LogP contribution in [0.3, 0.4) is 0 Å². The Kier molecular flexibility index (Phi) is 5.50. The number of phenols is 1. The van der Waals surface area contributed by atoms with E-state index in [4.69, 9.17) is 11.6 Å². The van der Waals surface area contributed by atoms with E-state index in [9.17, 15) is 15.2 Å². The highest BCUT2D eigenvalue weighted by Gasteiger charge is 2.28. The number of pyridine rings is 2. The number of hydrogen-bond donors (Lipinski definition) is 1. The van der Waals surface area contributed by atoms with Crippen molar-refractivity contribution in [1.29, 1.82) is 5.26 Å². The predicted octanol–water partition coefficient (Wildman–Crippen LogP) is 3.58. The molecular weight excluding hydrogens is 414 g/mol. The van der Waals surface area contributed by atoms with Crippen LogP contribution in [0.2, 0.25) is 5.15 Å². The van der Waals surface area contributed by atoms with Crippen molar-refractivity contribution in [3.05, 3.63) is 57.0 Å². The van der Waals surface area contributed by atoms with Crippen molar-refractivity contribution in [3.8, 4) is 11.8 Å². The van der Waals surface area contributed by atoms with Crippen molar-refractivity contribution in [2.75, 3.05) is 29.9 Å². The Balaban J connectivity index is 1.66. The van der Waals surface area contributed by atoms with E-state index in [0.29, 0.717) is 35.0 Å². The molecule has 2 aromatic heterocycles. The largest absolute Gasteiger partial charge is 0.506 e. The first-order valence-electron chi connectivity index (χ1n) is 10.2. The van der Waals surface area contributed by atoms with Gasteiger partial charge >= 0.3 is 0 Å². The molecule has 3 heterocycles. The maximum absolute atomic E-state index is 12.8. The lowest BCUT2D eigenvalue weighted by Gasteiger charge is -2.39. The van der Waals surface area contributed by atoms with Crippen LogP contribution in [0.25, 0.3) is 11.0 Å². The first-order valence-corrected chi connectivity index (χ1v) is 10.6. The van der Waals surface area contributed by atoms with Crippen molar-refractivity contribution in [3.63, 3.8) is 0 Å². The maximum atomic E-state index is 12.8. The van der Waals surface area contributed by atoms with Gasteiger partial charge in [0.1, 0.15) is 28.1 Å². The molecule has 0 aliphatic carbocycles. The molecule has 31 heavy (non-hydrogen) atoms. The molecule has 1 aliphatic heterocycles. The first kappa shape index (κ1) is 21.0. The summed E-state index contributed by atoms with van der Waals surface area (Å²) in [6, 6.07) is 11.4. The SMILES string of the molecule is Cc1ccc(N(C)C2CCN(c3c(C#N)c(=O)n(C)c4ccc(Cl)nc34)CC2)c(O)c1. The number of benzene rings is 1. The van der Waals surface area contributed by atoms with Gasteiger partial charge in [-0.3, -0.25) is 4.79 Å². The van der Waals surface area contributed by atoms with E-state index in [1.807, 2.05) is 26.1 Å². The Hall–Kier alpha value is -3.24. The molecule has 4 rings (SSSR count). The van der Waals surface area contributed by atoms with E-state index in [-0.39, 0.29) is 22.9 Å². The van der Waals surface area contributed by atoms with Gasteiger partial charge in [0.2, 0.25) is 0 Å². The number of fused-ring (bicyclic) bond motifs is 1. The summed E-state index contributed by atoms with van der Waals surface area (Å²) in [5.41, 5.74) is 3.33. The van der Waals surface area contributed by atoms with Gasteiger partial charge < -0.3 is 19.5 Å². The topological polar surface area (TPSA) is 85.4 Å². The van der Waals surface area contributed by atoms with Crippen molar-refractivity contribution >= 4 is 34.0 Å². The molecule has 1 aliphatic rings. The standard InChI is InChI=1S/C23H24ClN5O2/c1-14-4-5-17(19(30)12-14)27(2)15-8-10-29(11-9-15)22-16(13-25)23(31)28(3)18-6-7-20(24)26-21(18)22/h4-7,12,15,30H,8-11H2,1-3H3. The van der Waals surface area contributed by atoms with Crippen LogP contribution >= 0.6 is 11.6 Å². The average Bonchev–Trinajstić information content (AvgIpc) is 2.75. The third kappa shape index (κ3) is 3.68. The summed E-state index contributed by atoms with van der Waals surface area (Å²) < 4.78 is 1.45. The second-order valence-corrected chi connectivity index (χ2v) is 8.41. The average molecular weight is 438 g/mol. The number of aromatic hydroxyl groups is 1. The molecule has 0 bridgehead atoms. The van der Waals surface area contributed by atoms with Gasteiger partial charge in [-0.2, -0.15) is 5.26 Å². The fourth-order valence-corrected chi connectivity index (χ4v) is 4.53. The molecule has 3 aromatic rings. The summed E-state index contributed by atoms with van der Waals surface area (Å²) in [7, 11) is 3.63. The van der Waals surface area contributed by atoms with Gasteiger partial charge in [-0.25, -0.2) is 4.98 Å². The number of rotatable bonds is 3. The van der Waals surface area contributed by atoms with Crippen LogP contribution < -0.4 is 15.4 Å². The van der Waals surface area contributed by atoms with Crippen LogP contribution in [0.1, 0.15) is 24.0 Å². The van der Waals surface area contributed by atoms with E-state index in [2.05, 4.69) is 20.9 Å². The van der Waals surface area contributed by atoms with Gasteiger partial charge in [0, 0.05) is 33.2 Å². The predicted molar refractivity (Wildman–Crippen MR) is 123 cm³/mol. The lowest BCUT2D eigenvalue weighted by atomic mass is 10.0. The number of aryl methyl sites for hydroxylation is 2. The van der Waals surface area contributed by atoms with Crippen LogP contribution in [0, 0.1) is 18.3 Å². The molecule has 1 aromatic carbocycles. The molecule has 1 N–H and O–H groups in total. The highest BCUT2D eigenvalue weighted by Crippen LogP contribution is 2.34. The zero-order chi connectivity index (χ0) is 22.3. The molecule has 8 heteroatoms. The molecule has 0 atom stereocenters. The third-order valence-electron chi connectivity index (χ3n) is 6.13. The fraction of sp³-hybridized carbons (Fsp3) is 0.348. The molecule has 0 saturated carbocycles. The molecule has 7 nitrogen and oxygen atoms in total. The minimum atomic E-state index is -0.335. The number of hydrogen-bond acceptors (Lipinski definition) is 6. The Morgan fingerprint density at radius 3 is 2.61 bits per heavy atom. The molecule has 160 valence electrons. The van der Waals surface area contributed by atoms with Crippen LogP contribution in [-0.4, -0.2) is 40.8 Å². The zero-order valence-corrected chi connectivity index (χ0v) is 18.5. The van der Waals surface area contributed by atoms with Gasteiger partial charge in [-0.05, 0) is 49.6 Å². The van der Waals surface area contributed by atoms with Crippen LogP contribution in [0.5, 0.6) is 5.75 Å². The number of nitrogens with zero attached hydrogens (tertiary/aromatic N) is 5. The third-order valence-corrected chi connectivity index (χ3v) is 6.34. The normalized spacial score (nSPS) is 14.6. The Morgan fingerprint density at radius 1 is 1.26 bits per heavy atom. The molecule has 0 unspecified atom stereocenters. The number of piperidine rings is 1. The van der Waals surface area contributed by atoms with E-state index in [0.717, 1.165) is 24.1 Å². The quantitative estimate of drug-likeness (QED) is 0.630. The molecule has 0 amide bonds. The maximum Gasteiger partial charge on any atom is 0.270 e. The lowest BCUT2D eigenvalue weighted by Crippen LogP contribution is -2.44. The molecule has 1 saturated heterocycles. The van der Waals surface area contributed by atoms with Gasteiger partial charge in [0.05, 0.1) is 16.9 Å². The van der Waals surface area contributed by atoms with Gasteiger partial charge in [0.15, 0.2) is 0 Å². The highest BCUT2D eigenvalue weighted by atomic mass is 35.5. The molecular formula is C23H24ClN5O2. The smallest absolute Gasteiger partial charge is 0.270 e. The van der Waals surface area contributed by atoms with Crippen molar-refractivity contribution in [2.45, 2.75) is 25.8 Å². The minimum Gasteiger partial charge on any atom is -0.506 e. The Morgan fingerprint density at radius 2 is 1.97 bits per heavy atom. The van der Waals surface area contributed by atoms with E-state index in [1.54, 1.807) is 25.2 Å². The molecule has 0 radical (unpaired) electrons. The summed E-state index contributed by atoms with van der Waals surface area (Å²) in [6.07, 6.45) is 1.62. The monoisotopic (exact) mass is 437 g/mol. The summed E-state index contributed by atoms with van der Waals surface area (Å²) in [5.74, 6) is 0.271. The summed E-state index contributed by atoms with van der Waals surface area (Å²) in [4.78, 5) is 21.4. The number of nitriles is 1. The van der Waals surface area contributed by atoms with Crippen LogP contribution in [0.4, 0.5) is 11.4 Å².